The lowest BCUT2D eigenvalue weighted by atomic mass is 10.2. The fourth-order valence-electron chi connectivity index (χ4n) is 1.66. The monoisotopic (exact) mass is 319 g/mol. The van der Waals surface area contributed by atoms with E-state index in [1.54, 1.807) is 6.92 Å². The maximum Gasteiger partial charge on any atom is 0.248 e. The third-order valence-electron chi connectivity index (χ3n) is 2.42. The van der Waals surface area contributed by atoms with Crippen LogP contribution in [0.1, 0.15) is 17.3 Å². The van der Waals surface area contributed by atoms with Gasteiger partial charge in [0.1, 0.15) is 4.90 Å². The Bertz CT molecular complexity index is 643. The molecule has 0 bridgehead atoms. The Labute approximate surface area is 120 Å². The van der Waals surface area contributed by atoms with Gasteiger partial charge in [0.05, 0.1) is 5.69 Å². The van der Waals surface area contributed by atoms with E-state index in [4.69, 9.17) is 11.5 Å². The molecule has 0 saturated heterocycles. The zero-order chi connectivity index (χ0) is 15.5. The minimum atomic E-state index is -3.84. The summed E-state index contributed by atoms with van der Waals surface area (Å²) in [5.41, 5.74) is 10.8. The van der Waals surface area contributed by atoms with Crippen LogP contribution < -0.4 is 16.2 Å². The van der Waals surface area contributed by atoms with Crippen LogP contribution in [0.2, 0.25) is 0 Å². The molecule has 112 valence electrons. The number of nitrogen functional groups attached to an aromatic ring is 1. The molecule has 0 heterocycles. The number of primary amides is 1. The first-order valence-electron chi connectivity index (χ1n) is 5.65. The average Bonchev–Trinajstić information content (AvgIpc) is 2.25. The lowest BCUT2D eigenvalue weighted by Gasteiger charge is -2.14. The molecule has 7 nitrogen and oxygen atoms in total. The maximum atomic E-state index is 12.1. The topological polar surface area (TPSA) is 132 Å². The average molecular weight is 319 g/mol. The van der Waals surface area contributed by atoms with Crippen molar-refractivity contribution in [2.45, 2.75) is 17.9 Å². The van der Waals surface area contributed by atoms with Crippen molar-refractivity contribution in [1.29, 1.82) is 0 Å². The second-order valence-electron chi connectivity index (χ2n) is 4.38. The molecule has 0 radical (unpaired) electrons. The highest BCUT2D eigenvalue weighted by Gasteiger charge is 2.21. The van der Waals surface area contributed by atoms with Crippen molar-refractivity contribution < 1.29 is 17.4 Å². The van der Waals surface area contributed by atoms with Crippen LogP contribution in [0.15, 0.2) is 23.1 Å². The summed E-state index contributed by atoms with van der Waals surface area (Å²) in [7, 11) is -4.96. The molecule has 1 aromatic rings. The number of hydrogen-bond acceptors (Lipinski definition) is 5. The molecule has 0 aliphatic heterocycles. The van der Waals surface area contributed by atoms with Crippen LogP contribution in [0.3, 0.4) is 0 Å². The number of anilines is 1. The molecular weight excluding hydrogens is 302 g/mol. The Morgan fingerprint density at radius 3 is 2.50 bits per heavy atom. The first-order valence-corrected chi connectivity index (χ1v) is 8.86. The van der Waals surface area contributed by atoms with E-state index in [1.807, 2.05) is 0 Å². The number of carbonyl (C=O) groups excluding carboxylic acids is 1. The summed E-state index contributed by atoms with van der Waals surface area (Å²) in [6.45, 7) is 1.60. The highest BCUT2D eigenvalue weighted by Crippen LogP contribution is 2.19. The van der Waals surface area contributed by atoms with Gasteiger partial charge in [-0.15, -0.1) is 0 Å². The van der Waals surface area contributed by atoms with E-state index in [0.29, 0.717) is 0 Å². The van der Waals surface area contributed by atoms with Crippen LogP contribution in [-0.4, -0.2) is 36.6 Å². The Morgan fingerprint density at radius 2 is 2.05 bits per heavy atom. The molecular formula is C11H17N3O4S2. The minimum Gasteiger partial charge on any atom is -0.398 e. The molecule has 1 amide bonds. The molecule has 0 spiro atoms. The fourth-order valence-corrected chi connectivity index (χ4v) is 3.91. The Kier molecular flexibility index (Phi) is 5.26. The summed E-state index contributed by atoms with van der Waals surface area (Å²) in [6, 6.07) is 3.21. The van der Waals surface area contributed by atoms with Gasteiger partial charge in [0.25, 0.3) is 0 Å². The van der Waals surface area contributed by atoms with E-state index in [-0.39, 0.29) is 21.9 Å². The molecule has 0 aliphatic carbocycles. The van der Waals surface area contributed by atoms with Crippen molar-refractivity contribution in [3.63, 3.8) is 0 Å². The second-order valence-corrected chi connectivity index (χ2v) is 7.54. The molecule has 0 fully saturated rings. The van der Waals surface area contributed by atoms with E-state index in [1.165, 1.54) is 24.5 Å². The highest BCUT2D eigenvalue weighted by atomic mass is 32.2. The van der Waals surface area contributed by atoms with Gasteiger partial charge < -0.3 is 11.5 Å². The van der Waals surface area contributed by atoms with Crippen molar-refractivity contribution in [3.05, 3.63) is 23.8 Å². The number of amides is 1. The first-order chi connectivity index (χ1) is 9.13. The lowest BCUT2D eigenvalue weighted by molar-refractivity contribution is 0.1000. The molecule has 2 unspecified atom stereocenters. The van der Waals surface area contributed by atoms with Crippen LogP contribution in [0.5, 0.6) is 0 Å². The van der Waals surface area contributed by atoms with Crippen molar-refractivity contribution in [3.8, 4) is 0 Å². The predicted octanol–water partition coefficient (Wildman–Crippen LogP) is -0.587. The maximum absolute atomic E-state index is 12.1. The van der Waals surface area contributed by atoms with Crippen molar-refractivity contribution in [2.75, 3.05) is 17.7 Å². The summed E-state index contributed by atoms with van der Waals surface area (Å²) in [5, 5.41) is 0. The largest absolute Gasteiger partial charge is 0.398 e. The molecule has 5 N–H and O–H groups in total. The van der Waals surface area contributed by atoms with Gasteiger partial charge in [0, 0.05) is 34.4 Å². The van der Waals surface area contributed by atoms with Crippen molar-refractivity contribution in [2.24, 2.45) is 5.73 Å². The van der Waals surface area contributed by atoms with Crippen LogP contribution in [0.25, 0.3) is 0 Å². The molecule has 20 heavy (non-hydrogen) atoms. The number of hydrogen-bond donors (Lipinski definition) is 3. The van der Waals surface area contributed by atoms with Gasteiger partial charge in [-0.3, -0.25) is 9.00 Å². The molecule has 0 saturated carbocycles. The Morgan fingerprint density at radius 1 is 1.45 bits per heavy atom. The van der Waals surface area contributed by atoms with Crippen LogP contribution in [-0.2, 0) is 20.8 Å². The van der Waals surface area contributed by atoms with Gasteiger partial charge in [-0.2, -0.15) is 0 Å². The Balaban J connectivity index is 3.04. The lowest BCUT2D eigenvalue weighted by Crippen LogP contribution is -2.36. The molecule has 9 heteroatoms. The summed E-state index contributed by atoms with van der Waals surface area (Å²) in [4.78, 5) is 10.8. The van der Waals surface area contributed by atoms with Crippen LogP contribution in [0.4, 0.5) is 5.69 Å². The van der Waals surface area contributed by atoms with E-state index in [0.717, 1.165) is 0 Å². The molecule has 2 atom stereocenters. The normalized spacial score (nSPS) is 14.7. The number of benzene rings is 1. The Hall–Kier alpha value is -1.45. The van der Waals surface area contributed by atoms with Crippen molar-refractivity contribution >= 4 is 32.4 Å². The van der Waals surface area contributed by atoms with Gasteiger partial charge in [-0.05, 0) is 25.1 Å². The highest BCUT2D eigenvalue weighted by molar-refractivity contribution is 7.89. The minimum absolute atomic E-state index is 0.0707. The van der Waals surface area contributed by atoms with Gasteiger partial charge in [0.2, 0.25) is 15.9 Å². The standard InChI is InChI=1S/C11H17N3O4S2/c1-7(6-19(2)16)14-20(17,18)10-4-3-8(11(13)15)5-9(10)12/h3-5,7,14H,6,12H2,1-2H3,(H2,13,15). The van der Waals surface area contributed by atoms with E-state index < -0.39 is 32.8 Å². The molecule has 0 aliphatic rings. The number of nitrogens with one attached hydrogen (secondary N) is 1. The summed E-state index contributed by atoms with van der Waals surface area (Å²) in [6.07, 6.45) is 1.49. The van der Waals surface area contributed by atoms with E-state index in [9.17, 15) is 17.4 Å². The van der Waals surface area contributed by atoms with E-state index >= 15 is 0 Å². The molecule has 0 aromatic heterocycles. The molecule has 1 rings (SSSR count). The summed E-state index contributed by atoms with van der Waals surface area (Å²) in [5.74, 6) is -0.498. The molecule has 1 aromatic carbocycles. The SMILES string of the molecule is CC(CS(C)=O)NS(=O)(=O)c1ccc(C(N)=O)cc1N. The second kappa shape index (κ2) is 6.33. The summed E-state index contributed by atoms with van der Waals surface area (Å²) >= 11 is 0. The first kappa shape index (κ1) is 16.6. The zero-order valence-electron chi connectivity index (χ0n) is 11.1. The number of sulfonamides is 1. The summed E-state index contributed by atoms with van der Waals surface area (Å²) < 4.78 is 37.7. The number of rotatable bonds is 6. The van der Waals surface area contributed by atoms with Gasteiger partial charge in [-0.1, -0.05) is 0 Å². The quantitative estimate of drug-likeness (QED) is 0.603. The third-order valence-corrected chi connectivity index (χ3v) is 5.06. The fraction of sp³-hybridized carbons (Fsp3) is 0.364. The predicted molar refractivity (Wildman–Crippen MR) is 78.1 cm³/mol. The van der Waals surface area contributed by atoms with Gasteiger partial charge in [-0.25, -0.2) is 13.1 Å². The van der Waals surface area contributed by atoms with Crippen LogP contribution in [0, 0.1) is 0 Å². The zero-order valence-corrected chi connectivity index (χ0v) is 12.8. The number of nitrogens with two attached hydrogens (primary N) is 2. The van der Waals surface area contributed by atoms with E-state index in [2.05, 4.69) is 4.72 Å². The smallest absolute Gasteiger partial charge is 0.248 e. The van der Waals surface area contributed by atoms with Gasteiger partial charge in [0.15, 0.2) is 0 Å². The van der Waals surface area contributed by atoms with Crippen molar-refractivity contribution in [1.82, 2.24) is 4.72 Å². The number of carbonyl (C=O) groups is 1. The van der Waals surface area contributed by atoms with Crippen LogP contribution >= 0.6 is 0 Å². The van der Waals surface area contributed by atoms with Gasteiger partial charge >= 0.3 is 0 Å². The third kappa shape index (κ3) is 4.29.